The van der Waals surface area contributed by atoms with E-state index in [1.54, 1.807) is 18.2 Å². The number of hydrogen-bond donors (Lipinski definition) is 1. The summed E-state index contributed by atoms with van der Waals surface area (Å²) in [6.07, 6.45) is 4.41. The van der Waals surface area contributed by atoms with E-state index in [-0.39, 0.29) is 23.5 Å². The molecule has 0 saturated carbocycles. The predicted octanol–water partition coefficient (Wildman–Crippen LogP) is 1.55. The van der Waals surface area contributed by atoms with Crippen LogP contribution in [0.4, 0.5) is 0 Å². The van der Waals surface area contributed by atoms with Crippen LogP contribution in [0.1, 0.15) is 17.5 Å². The Hall–Kier alpha value is -2.08. The molecular formula is C17H18N2O4. The molecule has 0 amide bonds. The minimum atomic E-state index is -0.648. The lowest BCUT2D eigenvalue weighted by atomic mass is 9.53. The van der Waals surface area contributed by atoms with Gasteiger partial charge < -0.3 is 14.6 Å². The van der Waals surface area contributed by atoms with Crippen molar-refractivity contribution in [1.82, 2.24) is 5.01 Å². The minimum Gasteiger partial charge on any atom is -0.493 e. The van der Waals surface area contributed by atoms with Gasteiger partial charge in [-0.2, -0.15) is 0 Å². The quantitative estimate of drug-likeness (QED) is 0.662. The number of aliphatic hydroxyl groups is 1. The van der Waals surface area contributed by atoms with E-state index >= 15 is 0 Å². The number of hydrogen-bond acceptors (Lipinski definition) is 5. The number of nitrogens with zero attached hydrogens (tertiary/aromatic N) is 2. The van der Waals surface area contributed by atoms with Crippen molar-refractivity contribution in [3.05, 3.63) is 40.3 Å². The molecule has 120 valence electrons. The Kier molecular flexibility index (Phi) is 2.48. The lowest BCUT2D eigenvalue weighted by molar-refractivity contribution is -0.0517. The maximum Gasteiger partial charge on any atom is 0.165 e. The molecule has 2 aliphatic heterocycles. The Bertz CT molecular complexity index is 734. The molecular weight excluding hydrogens is 296 g/mol. The van der Waals surface area contributed by atoms with E-state index in [4.69, 9.17) is 9.47 Å². The number of aliphatic hydroxyl groups excluding tert-OH is 1. The number of nitroso groups, excluding NO2 is 1. The molecule has 1 spiro atoms. The van der Waals surface area contributed by atoms with E-state index in [1.807, 2.05) is 6.07 Å². The summed E-state index contributed by atoms with van der Waals surface area (Å²) in [5, 5.41) is 15.4. The Morgan fingerprint density at radius 3 is 3.09 bits per heavy atom. The Balaban J connectivity index is 1.80. The van der Waals surface area contributed by atoms with Gasteiger partial charge in [0.15, 0.2) is 11.5 Å². The maximum absolute atomic E-state index is 11.3. The molecule has 0 unspecified atom stereocenters. The van der Waals surface area contributed by atoms with Gasteiger partial charge in [0.25, 0.3) is 0 Å². The summed E-state index contributed by atoms with van der Waals surface area (Å²) in [7, 11) is 1.64. The van der Waals surface area contributed by atoms with Gasteiger partial charge in [-0.3, -0.25) is 5.01 Å². The standard InChI is InChI=1S/C17H18N2O4/c1-22-13-5-2-9-8-11-10-3-4-12(20)16-17(10,6-7-19(11)18-21)14(9)15(13)23-16/h2-5,10-12,16,20H,6-8H2,1H3/t10-,11-,12-,16-,17-/m0/s1. The van der Waals surface area contributed by atoms with Crippen molar-refractivity contribution in [3.63, 3.8) is 0 Å². The Labute approximate surface area is 133 Å². The second-order valence-corrected chi connectivity index (χ2v) is 6.88. The molecule has 0 radical (unpaired) electrons. The summed E-state index contributed by atoms with van der Waals surface area (Å²) in [5.41, 5.74) is 2.08. The van der Waals surface area contributed by atoms with Gasteiger partial charge in [-0.1, -0.05) is 18.2 Å². The highest BCUT2D eigenvalue weighted by atomic mass is 16.5. The summed E-state index contributed by atoms with van der Waals surface area (Å²) < 4.78 is 11.7. The van der Waals surface area contributed by atoms with E-state index in [2.05, 4.69) is 17.4 Å². The van der Waals surface area contributed by atoms with Crippen LogP contribution in [0.15, 0.2) is 29.6 Å². The van der Waals surface area contributed by atoms with E-state index in [0.29, 0.717) is 12.3 Å². The van der Waals surface area contributed by atoms with Gasteiger partial charge in [-0.15, -0.1) is 4.91 Å². The highest BCUT2D eigenvalue weighted by molar-refractivity contribution is 5.62. The van der Waals surface area contributed by atoms with Crippen LogP contribution < -0.4 is 9.47 Å². The molecule has 2 bridgehead atoms. The lowest BCUT2D eigenvalue weighted by Gasteiger charge is -2.55. The van der Waals surface area contributed by atoms with Crippen molar-refractivity contribution in [3.8, 4) is 11.5 Å². The van der Waals surface area contributed by atoms with Crippen LogP contribution in [0.25, 0.3) is 0 Å². The van der Waals surface area contributed by atoms with Crippen LogP contribution in [0, 0.1) is 10.8 Å². The number of methoxy groups -OCH3 is 1. The number of piperidine rings is 1. The predicted molar refractivity (Wildman–Crippen MR) is 82.3 cm³/mol. The van der Waals surface area contributed by atoms with Crippen molar-refractivity contribution in [2.24, 2.45) is 11.2 Å². The highest BCUT2D eigenvalue weighted by Gasteiger charge is 2.64. The maximum atomic E-state index is 11.3. The highest BCUT2D eigenvalue weighted by Crippen LogP contribution is 2.62. The fraction of sp³-hybridized carbons (Fsp3) is 0.529. The molecule has 2 heterocycles. The zero-order chi connectivity index (χ0) is 15.8. The van der Waals surface area contributed by atoms with Gasteiger partial charge in [0, 0.05) is 23.4 Å². The van der Waals surface area contributed by atoms with Crippen LogP contribution >= 0.6 is 0 Å². The molecule has 2 aliphatic carbocycles. The first kappa shape index (κ1) is 13.4. The van der Waals surface area contributed by atoms with Gasteiger partial charge in [0.1, 0.15) is 12.2 Å². The number of rotatable bonds is 2. The van der Waals surface area contributed by atoms with Crippen LogP contribution in [0.2, 0.25) is 0 Å². The smallest absolute Gasteiger partial charge is 0.165 e. The van der Waals surface area contributed by atoms with Crippen molar-refractivity contribution in [2.75, 3.05) is 13.7 Å². The second-order valence-electron chi connectivity index (χ2n) is 6.88. The van der Waals surface area contributed by atoms with Gasteiger partial charge in [-0.05, 0) is 24.5 Å². The molecule has 1 N–H and O–H groups in total. The first-order valence-electron chi connectivity index (χ1n) is 8.04. The van der Waals surface area contributed by atoms with Crippen molar-refractivity contribution in [1.29, 1.82) is 0 Å². The van der Waals surface area contributed by atoms with Crippen LogP contribution in [0.5, 0.6) is 11.5 Å². The SMILES string of the molecule is COc1ccc2c3c1O[C@H]1[C@@H](O)C=C[C@H]4[C@H](C2)N(N=O)CC[C@@]341. The number of benzene rings is 1. The van der Waals surface area contributed by atoms with E-state index < -0.39 is 6.10 Å². The first-order valence-corrected chi connectivity index (χ1v) is 8.04. The normalized spacial score (nSPS) is 38.8. The van der Waals surface area contributed by atoms with Crippen LogP contribution in [0.3, 0.4) is 0 Å². The summed E-state index contributed by atoms with van der Waals surface area (Å²) in [5.74, 6) is 1.62. The molecule has 5 rings (SSSR count). The molecule has 5 atom stereocenters. The Morgan fingerprint density at radius 1 is 1.43 bits per heavy atom. The third-order valence-corrected chi connectivity index (χ3v) is 6.15. The zero-order valence-electron chi connectivity index (χ0n) is 12.8. The van der Waals surface area contributed by atoms with E-state index in [1.165, 1.54) is 11.1 Å². The largest absolute Gasteiger partial charge is 0.493 e. The third-order valence-electron chi connectivity index (χ3n) is 6.15. The summed E-state index contributed by atoms with van der Waals surface area (Å²) in [6, 6.07) is 4.01. The third kappa shape index (κ3) is 1.39. The van der Waals surface area contributed by atoms with Crippen molar-refractivity contribution < 1.29 is 14.6 Å². The topological polar surface area (TPSA) is 71.4 Å². The van der Waals surface area contributed by atoms with E-state index in [9.17, 15) is 10.0 Å². The first-order chi connectivity index (χ1) is 11.2. The lowest BCUT2D eigenvalue weighted by Crippen LogP contribution is -2.64. The second kappa shape index (κ2) is 4.26. The van der Waals surface area contributed by atoms with Gasteiger partial charge >= 0.3 is 0 Å². The molecule has 1 fully saturated rings. The molecule has 1 aromatic rings. The van der Waals surface area contributed by atoms with E-state index in [0.717, 1.165) is 18.6 Å². The summed E-state index contributed by atoms with van der Waals surface area (Å²) >= 11 is 0. The fourth-order valence-corrected chi connectivity index (χ4v) is 5.29. The molecule has 23 heavy (non-hydrogen) atoms. The average molecular weight is 314 g/mol. The fourth-order valence-electron chi connectivity index (χ4n) is 5.29. The Morgan fingerprint density at radius 2 is 2.30 bits per heavy atom. The summed E-state index contributed by atoms with van der Waals surface area (Å²) in [6.45, 7) is 0.598. The molecule has 6 heteroatoms. The molecule has 4 aliphatic rings. The van der Waals surface area contributed by atoms with Crippen molar-refractivity contribution in [2.45, 2.75) is 36.5 Å². The molecule has 0 aromatic heterocycles. The van der Waals surface area contributed by atoms with Gasteiger partial charge in [0.2, 0.25) is 0 Å². The van der Waals surface area contributed by atoms with Crippen molar-refractivity contribution >= 4 is 0 Å². The molecule has 1 aromatic carbocycles. The van der Waals surface area contributed by atoms with Crippen LogP contribution in [-0.2, 0) is 11.8 Å². The monoisotopic (exact) mass is 314 g/mol. The zero-order valence-corrected chi connectivity index (χ0v) is 12.8. The number of ether oxygens (including phenoxy) is 2. The van der Waals surface area contributed by atoms with Crippen LogP contribution in [-0.4, -0.2) is 42.0 Å². The molecule has 1 saturated heterocycles. The molecule has 6 nitrogen and oxygen atoms in total. The summed E-state index contributed by atoms with van der Waals surface area (Å²) in [4.78, 5) is 11.3. The average Bonchev–Trinajstić information content (AvgIpc) is 2.91. The minimum absolute atomic E-state index is 0.0305. The van der Waals surface area contributed by atoms with Gasteiger partial charge in [-0.25, -0.2) is 0 Å². The van der Waals surface area contributed by atoms with Gasteiger partial charge in [0.05, 0.1) is 18.4 Å².